The number of nitrogens with zero attached hydrogens (tertiary/aromatic N) is 5. The number of rotatable bonds is 9. The number of amides is 1. The largest absolute Gasteiger partial charge is 0.309 e. The Labute approximate surface area is 170 Å². The fourth-order valence-corrected chi connectivity index (χ4v) is 3.34. The number of anilines is 1. The second-order valence-electron chi connectivity index (χ2n) is 6.73. The van der Waals surface area contributed by atoms with Crippen LogP contribution in [0.4, 0.5) is 5.95 Å². The molecule has 0 aliphatic rings. The third kappa shape index (κ3) is 4.72. The maximum atomic E-state index is 12.5. The molecule has 2 heterocycles. The average Bonchev–Trinajstić information content (AvgIpc) is 3.20. The van der Waals surface area contributed by atoms with Crippen LogP contribution < -0.4 is 5.32 Å². The molecule has 0 saturated carbocycles. The lowest BCUT2D eigenvalue weighted by Crippen LogP contribution is -2.27. The van der Waals surface area contributed by atoms with Gasteiger partial charge in [-0.25, -0.2) is 4.98 Å². The number of aromatic nitrogens is 4. The highest BCUT2D eigenvalue weighted by molar-refractivity contribution is 6.31. The summed E-state index contributed by atoms with van der Waals surface area (Å²) in [4.78, 5) is 19.5. The van der Waals surface area contributed by atoms with Crippen LogP contribution in [0.5, 0.6) is 0 Å². The first kappa shape index (κ1) is 20.4. The van der Waals surface area contributed by atoms with Gasteiger partial charge in [-0.1, -0.05) is 37.6 Å². The second-order valence-corrected chi connectivity index (χ2v) is 7.13. The van der Waals surface area contributed by atoms with E-state index in [4.69, 9.17) is 11.6 Å². The minimum Gasteiger partial charge on any atom is -0.309 e. The van der Waals surface area contributed by atoms with Crippen LogP contribution in [0.15, 0.2) is 30.5 Å². The number of likely N-dealkylation sites (N-methyl/N-ethyl adjacent to an activating group) is 1. The lowest BCUT2D eigenvalue weighted by Gasteiger charge is -2.19. The van der Waals surface area contributed by atoms with E-state index in [2.05, 4.69) is 38.7 Å². The molecule has 1 N–H and O–H groups in total. The first-order valence-electron chi connectivity index (χ1n) is 9.68. The number of benzene rings is 1. The van der Waals surface area contributed by atoms with Gasteiger partial charge in [-0.05, 0) is 32.1 Å². The minimum absolute atomic E-state index is 0.0938. The summed E-state index contributed by atoms with van der Waals surface area (Å²) in [6.45, 7) is 10.3. The molecule has 1 aromatic carbocycles. The molecule has 0 fully saturated rings. The van der Waals surface area contributed by atoms with Gasteiger partial charge in [0.15, 0.2) is 0 Å². The van der Waals surface area contributed by atoms with E-state index in [1.807, 2.05) is 31.2 Å². The number of imidazole rings is 1. The molecule has 1 amide bonds. The van der Waals surface area contributed by atoms with Gasteiger partial charge in [0, 0.05) is 32.3 Å². The average molecular weight is 403 g/mol. The number of nitrogens with one attached hydrogen (secondary N) is 1. The van der Waals surface area contributed by atoms with Crippen molar-refractivity contribution in [3.05, 3.63) is 41.2 Å². The van der Waals surface area contributed by atoms with E-state index in [0.717, 1.165) is 42.9 Å². The standard InChI is InChI=1S/C20H27ClN6O/c1-4-25(5-2)12-13-27-18-9-7-6-8-17(18)22-20(27)23-19(28)10-11-26-14-16(21)15(3)24-26/h6-9,14H,4-5,10-13H2,1-3H3,(H,22,23,28). The van der Waals surface area contributed by atoms with Crippen LogP contribution in [0.25, 0.3) is 11.0 Å². The summed E-state index contributed by atoms with van der Waals surface area (Å²) < 4.78 is 3.78. The summed E-state index contributed by atoms with van der Waals surface area (Å²) in [6, 6.07) is 7.95. The molecular weight excluding hydrogens is 376 g/mol. The highest BCUT2D eigenvalue weighted by Gasteiger charge is 2.14. The molecular formula is C20H27ClN6O. The molecule has 28 heavy (non-hydrogen) atoms. The lowest BCUT2D eigenvalue weighted by atomic mass is 10.3. The second kappa shape index (κ2) is 9.21. The normalized spacial score (nSPS) is 11.5. The van der Waals surface area contributed by atoms with Crippen molar-refractivity contribution in [3.8, 4) is 0 Å². The highest BCUT2D eigenvalue weighted by atomic mass is 35.5. The lowest BCUT2D eigenvalue weighted by molar-refractivity contribution is -0.116. The zero-order valence-corrected chi connectivity index (χ0v) is 17.4. The highest BCUT2D eigenvalue weighted by Crippen LogP contribution is 2.20. The molecule has 0 bridgehead atoms. The fourth-order valence-electron chi connectivity index (χ4n) is 3.19. The maximum absolute atomic E-state index is 12.5. The van der Waals surface area contributed by atoms with Crippen LogP contribution in [0.2, 0.25) is 5.02 Å². The van der Waals surface area contributed by atoms with Crippen molar-refractivity contribution in [2.45, 2.75) is 40.3 Å². The summed E-state index contributed by atoms with van der Waals surface area (Å²) >= 11 is 6.02. The van der Waals surface area contributed by atoms with Crippen LogP contribution >= 0.6 is 11.6 Å². The van der Waals surface area contributed by atoms with E-state index in [1.54, 1.807) is 10.9 Å². The van der Waals surface area contributed by atoms with Crippen LogP contribution in [0.1, 0.15) is 26.0 Å². The van der Waals surface area contributed by atoms with E-state index < -0.39 is 0 Å². The molecule has 0 saturated heterocycles. The van der Waals surface area contributed by atoms with Crippen LogP contribution in [-0.2, 0) is 17.9 Å². The molecule has 0 atom stereocenters. The number of carbonyl (C=O) groups is 1. The first-order valence-corrected chi connectivity index (χ1v) is 10.1. The zero-order valence-electron chi connectivity index (χ0n) is 16.7. The predicted molar refractivity (Wildman–Crippen MR) is 113 cm³/mol. The van der Waals surface area contributed by atoms with E-state index in [9.17, 15) is 4.79 Å². The molecule has 0 unspecified atom stereocenters. The number of aryl methyl sites for hydroxylation is 2. The van der Waals surface area contributed by atoms with E-state index >= 15 is 0 Å². The van der Waals surface area contributed by atoms with Gasteiger partial charge in [-0.2, -0.15) is 5.10 Å². The third-order valence-corrected chi connectivity index (χ3v) is 5.27. The maximum Gasteiger partial charge on any atom is 0.228 e. The van der Waals surface area contributed by atoms with Gasteiger partial charge in [0.1, 0.15) is 0 Å². The zero-order chi connectivity index (χ0) is 20.1. The van der Waals surface area contributed by atoms with Crippen molar-refractivity contribution in [1.29, 1.82) is 0 Å². The SMILES string of the molecule is CCN(CC)CCn1c(NC(=O)CCn2cc(Cl)c(C)n2)nc2ccccc21. The van der Waals surface area contributed by atoms with Gasteiger partial charge in [0.05, 0.1) is 21.7 Å². The Hall–Kier alpha value is -2.38. The van der Waals surface area contributed by atoms with Crippen molar-refractivity contribution in [1.82, 2.24) is 24.2 Å². The summed E-state index contributed by atoms with van der Waals surface area (Å²) in [6.07, 6.45) is 2.04. The Balaban J connectivity index is 1.71. The summed E-state index contributed by atoms with van der Waals surface area (Å²) in [5.41, 5.74) is 2.67. The Bertz CT molecular complexity index is 924. The van der Waals surface area contributed by atoms with Gasteiger partial charge in [0.25, 0.3) is 0 Å². The van der Waals surface area contributed by atoms with Crippen LogP contribution in [0, 0.1) is 6.92 Å². The fraction of sp³-hybridized carbons (Fsp3) is 0.450. The van der Waals surface area contributed by atoms with Crippen molar-refractivity contribution in [2.24, 2.45) is 0 Å². The van der Waals surface area contributed by atoms with Gasteiger partial charge in [-0.15, -0.1) is 0 Å². The number of hydrogen-bond donors (Lipinski definition) is 1. The third-order valence-electron chi connectivity index (χ3n) is 4.89. The minimum atomic E-state index is -0.0938. The number of halogens is 1. The Morgan fingerprint density at radius 1 is 1.21 bits per heavy atom. The molecule has 0 radical (unpaired) electrons. The summed E-state index contributed by atoms with van der Waals surface area (Å²) in [5.74, 6) is 0.497. The summed E-state index contributed by atoms with van der Waals surface area (Å²) in [7, 11) is 0. The number of carbonyl (C=O) groups excluding carboxylic acids is 1. The monoisotopic (exact) mass is 402 g/mol. The molecule has 0 aliphatic heterocycles. The Kier molecular flexibility index (Phi) is 6.70. The molecule has 8 heteroatoms. The Morgan fingerprint density at radius 3 is 2.64 bits per heavy atom. The number of para-hydroxylation sites is 2. The molecule has 3 rings (SSSR count). The molecule has 150 valence electrons. The topological polar surface area (TPSA) is 68.0 Å². The van der Waals surface area contributed by atoms with Crippen molar-refractivity contribution in [3.63, 3.8) is 0 Å². The van der Waals surface area contributed by atoms with Gasteiger partial charge in [-0.3, -0.25) is 14.8 Å². The van der Waals surface area contributed by atoms with Crippen molar-refractivity contribution < 1.29 is 4.79 Å². The van der Waals surface area contributed by atoms with Crippen molar-refractivity contribution in [2.75, 3.05) is 25.0 Å². The summed E-state index contributed by atoms with van der Waals surface area (Å²) in [5, 5.41) is 7.87. The van der Waals surface area contributed by atoms with Crippen LogP contribution in [0.3, 0.4) is 0 Å². The van der Waals surface area contributed by atoms with Gasteiger partial charge >= 0.3 is 0 Å². The quantitative estimate of drug-likeness (QED) is 0.594. The molecule has 7 nitrogen and oxygen atoms in total. The van der Waals surface area contributed by atoms with E-state index in [1.165, 1.54) is 0 Å². The first-order chi connectivity index (χ1) is 13.5. The van der Waals surface area contributed by atoms with Gasteiger partial charge in [0.2, 0.25) is 11.9 Å². The van der Waals surface area contributed by atoms with Crippen molar-refractivity contribution >= 4 is 34.5 Å². The van der Waals surface area contributed by atoms with Crippen LogP contribution in [-0.4, -0.2) is 49.8 Å². The molecule has 0 spiro atoms. The Morgan fingerprint density at radius 2 is 1.96 bits per heavy atom. The number of fused-ring (bicyclic) bond motifs is 1. The molecule has 3 aromatic rings. The molecule has 0 aliphatic carbocycles. The number of hydrogen-bond acceptors (Lipinski definition) is 4. The molecule has 2 aromatic heterocycles. The van der Waals surface area contributed by atoms with Gasteiger partial charge < -0.3 is 9.47 Å². The van der Waals surface area contributed by atoms with E-state index in [0.29, 0.717) is 23.9 Å². The van der Waals surface area contributed by atoms with E-state index in [-0.39, 0.29) is 5.91 Å². The smallest absolute Gasteiger partial charge is 0.228 e. The predicted octanol–water partition coefficient (Wildman–Crippen LogP) is 3.57.